The van der Waals surface area contributed by atoms with Gasteiger partial charge in [-0.15, -0.1) is 0 Å². The highest BCUT2D eigenvalue weighted by Gasteiger charge is 2.43. The second-order valence-corrected chi connectivity index (χ2v) is 8.29. The number of carboxylic acid groups (broad SMARTS) is 1. The zero-order valence-corrected chi connectivity index (χ0v) is 14.3. The summed E-state index contributed by atoms with van der Waals surface area (Å²) < 4.78 is 30.5. The lowest BCUT2D eigenvalue weighted by molar-refractivity contribution is -0.150. The molecule has 3 unspecified atom stereocenters. The van der Waals surface area contributed by atoms with Crippen molar-refractivity contribution in [2.75, 3.05) is 32.5 Å². The third-order valence-corrected chi connectivity index (χ3v) is 6.50. The molecule has 0 aliphatic carbocycles. The molecule has 0 aromatic carbocycles. The largest absolute Gasteiger partial charge is 0.480 e. The molecule has 1 amide bonds. The van der Waals surface area contributed by atoms with Gasteiger partial charge in [-0.3, -0.25) is 4.79 Å². The number of ether oxygens (including phenoxy) is 1. The average molecular weight is 348 g/mol. The van der Waals surface area contributed by atoms with Crippen molar-refractivity contribution in [3.63, 3.8) is 0 Å². The number of carbonyl (C=O) groups excluding carboxylic acids is 1. The molecule has 0 bridgehead atoms. The summed E-state index contributed by atoms with van der Waals surface area (Å²) in [6.45, 7) is 2.37. The van der Waals surface area contributed by atoms with Gasteiger partial charge in [0.25, 0.3) is 0 Å². The maximum Gasteiger partial charge on any atom is 0.326 e. The summed E-state index contributed by atoms with van der Waals surface area (Å²) in [4.78, 5) is 25.4. The monoisotopic (exact) mass is 348 g/mol. The van der Waals surface area contributed by atoms with Gasteiger partial charge in [-0.2, -0.15) is 0 Å². The number of amides is 1. The van der Waals surface area contributed by atoms with Gasteiger partial charge in [-0.05, 0) is 19.8 Å². The standard InChI is InChI=1S/C14H24N2O6S/c1-3-23(20,21)15-6-4-5-10(8-15)13(17)16-9-11(22-2)7-12(16)14(18)19/h10-12H,3-9H2,1-2H3,(H,18,19). The fraction of sp³-hybridized carbons (Fsp3) is 0.857. The number of nitrogens with zero attached hydrogens (tertiary/aromatic N) is 2. The van der Waals surface area contributed by atoms with Gasteiger partial charge in [-0.1, -0.05) is 0 Å². The number of hydrogen-bond acceptors (Lipinski definition) is 5. The Labute approximate surface area is 136 Å². The zero-order chi connectivity index (χ0) is 17.2. The Morgan fingerprint density at radius 3 is 2.57 bits per heavy atom. The number of rotatable bonds is 5. The molecular weight excluding hydrogens is 324 g/mol. The van der Waals surface area contributed by atoms with E-state index in [2.05, 4.69) is 0 Å². The first kappa shape index (κ1) is 18.2. The molecule has 132 valence electrons. The van der Waals surface area contributed by atoms with E-state index in [1.807, 2.05) is 0 Å². The fourth-order valence-electron chi connectivity index (χ4n) is 3.26. The lowest BCUT2D eigenvalue weighted by Gasteiger charge is -2.34. The Balaban J connectivity index is 2.11. The van der Waals surface area contributed by atoms with Crippen molar-refractivity contribution < 1.29 is 27.9 Å². The number of methoxy groups -OCH3 is 1. The molecule has 0 aromatic rings. The molecule has 0 radical (unpaired) electrons. The molecule has 0 spiro atoms. The highest BCUT2D eigenvalue weighted by atomic mass is 32.2. The van der Waals surface area contributed by atoms with E-state index in [9.17, 15) is 23.1 Å². The highest BCUT2D eigenvalue weighted by Crippen LogP contribution is 2.27. The second-order valence-electron chi connectivity index (χ2n) is 6.04. The van der Waals surface area contributed by atoms with Crippen molar-refractivity contribution in [2.45, 2.75) is 38.3 Å². The Hall–Kier alpha value is -1.19. The molecule has 2 aliphatic rings. The van der Waals surface area contributed by atoms with E-state index in [-0.39, 0.29) is 37.3 Å². The maximum absolute atomic E-state index is 12.7. The van der Waals surface area contributed by atoms with Crippen LogP contribution in [0.5, 0.6) is 0 Å². The zero-order valence-electron chi connectivity index (χ0n) is 13.5. The lowest BCUT2D eigenvalue weighted by Crippen LogP contribution is -2.49. The van der Waals surface area contributed by atoms with E-state index < -0.39 is 28.0 Å². The first-order chi connectivity index (χ1) is 10.8. The van der Waals surface area contributed by atoms with Crippen molar-refractivity contribution in [3.8, 4) is 0 Å². The van der Waals surface area contributed by atoms with Crippen LogP contribution in [0.1, 0.15) is 26.2 Å². The first-order valence-electron chi connectivity index (χ1n) is 7.84. The summed E-state index contributed by atoms with van der Waals surface area (Å²) in [5.41, 5.74) is 0. The molecule has 0 saturated carbocycles. The van der Waals surface area contributed by atoms with Crippen molar-refractivity contribution >= 4 is 21.9 Å². The minimum Gasteiger partial charge on any atom is -0.480 e. The van der Waals surface area contributed by atoms with Crippen LogP contribution in [0.4, 0.5) is 0 Å². The first-order valence-corrected chi connectivity index (χ1v) is 9.45. The van der Waals surface area contributed by atoms with Crippen LogP contribution in [0.25, 0.3) is 0 Å². The van der Waals surface area contributed by atoms with Gasteiger partial charge in [-0.25, -0.2) is 17.5 Å². The highest BCUT2D eigenvalue weighted by molar-refractivity contribution is 7.89. The van der Waals surface area contributed by atoms with Gasteiger partial charge >= 0.3 is 5.97 Å². The van der Waals surface area contributed by atoms with Crippen molar-refractivity contribution in [1.29, 1.82) is 0 Å². The molecule has 3 atom stereocenters. The van der Waals surface area contributed by atoms with Gasteiger partial charge in [0, 0.05) is 33.2 Å². The summed E-state index contributed by atoms with van der Waals surface area (Å²) in [6.07, 6.45) is 1.16. The van der Waals surface area contributed by atoms with Gasteiger partial charge in [0.15, 0.2) is 0 Å². The SMILES string of the molecule is CCS(=O)(=O)N1CCCC(C(=O)N2CC(OC)CC2C(=O)O)C1. The molecule has 2 rings (SSSR count). The van der Waals surface area contributed by atoms with Crippen LogP contribution in [-0.2, 0) is 24.3 Å². The van der Waals surface area contributed by atoms with Crippen molar-refractivity contribution in [1.82, 2.24) is 9.21 Å². The van der Waals surface area contributed by atoms with Crippen LogP contribution in [0.3, 0.4) is 0 Å². The summed E-state index contributed by atoms with van der Waals surface area (Å²) in [6, 6.07) is -0.898. The molecule has 2 heterocycles. The Morgan fingerprint density at radius 2 is 2.00 bits per heavy atom. The van der Waals surface area contributed by atoms with E-state index in [1.165, 1.54) is 16.3 Å². The van der Waals surface area contributed by atoms with E-state index >= 15 is 0 Å². The summed E-state index contributed by atoms with van der Waals surface area (Å²) in [5.74, 6) is -1.82. The predicted octanol–water partition coefficient (Wildman–Crippen LogP) is -0.251. The van der Waals surface area contributed by atoms with Gasteiger partial charge < -0.3 is 14.7 Å². The molecule has 0 aromatic heterocycles. The number of aliphatic carboxylic acids is 1. The van der Waals surface area contributed by atoms with Crippen LogP contribution in [-0.4, -0.2) is 79.2 Å². The van der Waals surface area contributed by atoms with Crippen molar-refractivity contribution in [2.24, 2.45) is 5.92 Å². The van der Waals surface area contributed by atoms with Crippen LogP contribution in [0.15, 0.2) is 0 Å². The number of hydrogen-bond donors (Lipinski definition) is 1. The number of carboxylic acids is 1. The van der Waals surface area contributed by atoms with Crippen LogP contribution < -0.4 is 0 Å². The van der Waals surface area contributed by atoms with E-state index in [1.54, 1.807) is 6.92 Å². The molecule has 9 heteroatoms. The van der Waals surface area contributed by atoms with Gasteiger partial charge in [0.2, 0.25) is 15.9 Å². The van der Waals surface area contributed by atoms with E-state index in [4.69, 9.17) is 4.74 Å². The maximum atomic E-state index is 12.7. The molecule has 2 fully saturated rings. The summed E-state index contributed by atoms with van der Waals surface area (Å²) in [7, 11) is -1.84. The Bertz CT molecular complexity index is 564. The molecule has 23 heavy (non-hydrogen) atoms. The molecule has 2 aliphatic heterocycles. The van der Waals surface area contributed by atoms with Crippen LogP contribution >= 0.6 is 0 Å². The molecule has 1 N–H and O–H groups in total. The van der Waals surface area contributed by atoms with Crippen LogP contribution in [0, 0.1) is 5.92 Å². The quantitative estimate of drug-likeness (QED) is 0.735. The number of carbonyl (C=O) groups is 2. The second kappa shape index (κ2) is 7.14. The molecular formula is C14H24N2O6S. The number of piperidine rings is 1. The fourth-order valence-corrected chi connectivity index (χ4v) is 4.44. The molecule has 8 nitrogen and oxygen atoms in total. The smallest absolute Gasteiger partial charge is 0.326 e. The topological polar surface area (TPSA) is 104 Å². The molecule has 2 saturated heterocycles. The van der Waals surface area contributed by atoms with Crippen LogP contribution in [0.2, 0.25) is 0 Å². The van der Waals surface area contributed by atoms with Crippen molar-refractivity contribution in [3.05, 3.63) is 0 Å². The minimum atomic E-state index is -3.33. The minimum absolute atomic E-state index is 0.00112. The van der Waals surface area contributed by atoms with Gasteiger partial charge in [0.05, 0.1) is 17.8 Å². The number of likely N-dealkylation sites (tertiary alicyclic amines) is 1. The Kier molecular flexibility index (Phi) is 5.64. The number of sulfonamides is 1. The van der Waals surface area contributed by atoms with E-state index in [0.29, 0.717) is 19.4 Å². The average Bonchev–Trinajstić information content (AvgIpc) is 2.99. The van der Waals surface area contributed by atoms with Gasteiger partial charge in [0.1, 0.15) is 6.04 Å². The third kappa shape index (κ3) is 3.84. The predicted molar refractivity (Wildman–Crippen MR) is 82.3 cm³/mol. The lowest BCUT2D eigenvalue weighted by atomic mass is 9.97. The normalized spacial score (nSPS) is 29.7. The van der Waals surface area contributed by atoms with E-state index in [0.717, 1.165) is 0 Å². The summed E-state index contributed by atoms with van der Waals surface area (Å²) in [5, 5.41) is 9.31. The summed E-state index contributed by atoms with van der Waals surface area (Å²) >= 11 is 0. The third-order valence-electron chi connectivity index (χ3n) is 4.66. The Morgan fingerprint density at radius 1 is 1.30 bits per heavy atom.